The third-order valence-corrected chi connectivity index (χ3v) is 3.78. The zero-order chi connectivity index (χ0) is 16.1. The number of rotatable bonds is 6. The number of methoxy groups -OCH3 is 1. The molecule has 0 fully saturated rings. The number of carbonyl (C=O) groups excluding carboxylic acids is 1. The molecule has 0 atom stereocenters. The van der Waals surface area contributed by atoms with Crippen LogP contribution < -0.4 is 9.64 Å². The minimum atomic E-state index is -0.0719. The van der Waals surface area contributed by atoms with Crippen LogP contribution in [0, 0.1) is 0 Å². The molecule has 0 unspecified atom stereocenters. The van der Waals surface area contributed by atoms with Crippen LogP contribution in [0.5, 0.6) is 5.75 Å². The molecular formula is C16H22N2O4. The number of carbonyl (C=O) groups is 1. The molecule has 1 aromatic rings. The van der Waals surface area contributed by atoms with Crippen molar-refractivity contribution in [2.75, 3.05) is 31.8 Å². The Morgan fingerprint density at radius 3 is 2.91 bits per heavy atom. The number of nitrogens with zero attached hydrogens (tertiary/aromatic N) is 2. The maximum atomic E-state index is 12.1. The average molecular weight is 306 g/mol. The standard InChI is InChI=1S/C16H22N2O4/c1-4-12-8-15-14(9-13(12)11(2)17-20)18(6-5-7-21-3)16(19)10-22-15/h8-9,20H,4-7,10H2,1-3H3/b17-11+. The van der Waals surface area contributed by atoms with Gasteiger partial charge in [0.05, 0.1) is 11.4 Å². The van der Waals surface area contributed by atoms with Gasteiger partial charge in [-0.1, -0.05) is 12.1 Å². The van der Waals surface area contributed by atoms with E-state index in [1.165, 1.54) is 0 Å². The Bertz CT molecular complexity index is 584. The lowest BCUT2D eigenvalue weighted by Crippen LogP contribution is -2.40. The molecule has 1 N–H and O–H groups in total. The van der Waals surface area contributed by atoms with E-state index in [9.17, 15) is 4.79 Å². The molecule has 0 radical (unpaired) electrons. The van der Waals surface area contributed by atoms with Crippen molar-refractivity contribution in [3.8, 4) is 5.75 Å². The highest BCUT2D eigenvalue weighted by atomic mass is 16.5. The van der Waals surface area contributed by atoms with Crippen LogP contribution in [0.25, 0.3) is 0 Å². The fourth-order valence-corrected chi connectivity index (χ4v) is 2.58. The number of amides is 1. The van der Waals surface area contributed by atoms with Crippen LogP contribution in [0.4, 0.5) is 5.69 Å². The van der Waals surface area contributed by atoms with Gasteiger partial charge in [-0.3, -0.25) is 4.79 Å². The predicted molar refractivity (Wildman–Crippen MR) is 84.2 cm³/mol. The summed E-state index contributed by atoms with van der Waals surface area (Å²) in [5, 5.41) is 12.4. The molecule has 22 heavy (non-hydrogen) atoms. The van der Waals surface area contributed by atoms with Gasteiger partial charge in [0.2, 0.25) is 0 Å². The van der Waals surface area contributed by atoms with Gasteiger partial charge in [0, 0.05) is 25.8 Å². The Balaban J connectivity index is 2.42. The molecule has 0 aliphatic carbocycles. The molecule has 0 bridgehead atoms. The van der Waals surface area contributed by atoms with E-state index in [2.05, 4.69) is 5.16 Å². The molecule has 1 amide bonds. The number of oxime groups is 1. The maximum Gasteiger partial charge on any atom is 0.265 e. The van der Waals surface area contributed by atoms with Gasteiger partial charge < -0.3 is 19.6 Å². The average Bonchev–Trinajstić information content (AvgIpc) is 2.55. The third-order valence-electron chi connectivity index (χ3n) is 3.78. The van der Waals surface area contributed by atoms with E-state index >= 15 is 0 Å². The van der Waals surface area contributed by atoms with Gasteiger partial charge in [-0.15, -0.1) is 0 Å². The zero-order valence-electron chi connectivity index (χ0n) is 13.3. The Morgan fingerprint density at radius 2 is 2.27 bits per heavy atom. The molecule has 0 spiro atoms. The van der Waals surface area contributed by atoms with E-state index in [1.807, 2.05) is 19.1 Å². The van der Waals surface area contributed by atoms with E-state index in [4.69, 9.17) is 14.7 Å². The first kappa shape index (κ1) is 16.3. The number of fused-ring (bicyclic) bond motifs is 1. The van der Waals surface area contributed by atoms with Gasteiger partial charge in [-0.05, 0) is 37.5 Å². The maximum absolute atomic E-state index is 12.1. The number of ether oxygens (including phenoxy) is 2. The molecule has 6 heteroatoms. The summed E-state index contributed by atoms with van der Waals surface area (Å²) in [5.41, 5.74) is 3.11. The topological polar surface area (TPSA) is 71.4 Å². The van der Waals surface area contributed by atoms with Crippen LogP contribution in [0.2, 0.25) is 0 Å². The number of anilines is 1. The normalized spacial score (nSPS) is 14.8. The zero-order valence-corrected chi connectivity index (χ0v) is 13.3. The molecule has 1 aromatic carbocycles. The summed E-state index contributed by atoms with van der Waals surface area (Å²) in [7, 11) is 1.64. The molecule has 2 rings (SSSR count). The first-order valence-corrected chi connectivity index (χ1v) is 7.40. The van der Waals surface area contributed by atoms with E-state index in [-0.39, 0.29) is 12.5 Å². The lowest BCUT2D eigenvalue weighted by molar-refractivity contribution is -0.121. The molecule has 0 saturated carbocycles. The molecule has 120 valence electrons. The Hall–Kier alpha value is -2.08. The van der Waals surface area contributed by atoms with Crippen molar-refractivity contribution in [2.24, 2.45) is 5.16 Å². The predicted octanol–water partition coefficient (Wildman–Crippen LogP) is 2.21. The van der Waals surface area contributed by atoms with Crippen molar-refractivity contribution in [3.63, 3.8) is 0 Å². The van der Waals surface area contributed by atoms with Gasteiger partial charge in [0.25, 0.3) is 5.91 Å². The van der Waals surface area contributed by atoms with E-state index in [0.29, 0.717) is 24.6 Å². The molecule has 0 saturated heterocycles. The molecule has 0 aromatic heterocycles. The number of hydrogen-bond donors (Lipinski definition) is 1. The Labute approximate surface area is 130 Å². The van der Waals surface area contributed by atoms with Crippen LogP contribution in [0.15, 0.2) is 17.3 Å². The van der Waals surface area contributed by atoms with Crippen LogP contribution in [0.3, 0.4) is 0 Å². The lowest BCUT2D eigenvalue weighted by Gasteiger charge is -2.30. The SMILES string of the molecule is CCc1cc2c(cc1/C(C)=N/O)N(CCCOC)C(=O)CO2. The van der Waals surface area contributed by atoms with Crippen molar-refractivity contribution in [1.82, 2.24) is 0 Å². The smallest absolute Gasteiger partial charge is 0.265 e. The molecule has 6 nitrogen and oxygen atoms in total. The largest absolute Gasteiger partial charge is 0.482 e. The minimum absolute atomic E-state index is 0.0511. The highest BCUT2D eigenvalue weighted by molar-refractivity contribution is 6.04. The summed E-state index contributed by atoms with van der Waals surface area (Å²) in [5.74, 6) is 0.626. The minimum Gasteiger partial charge on any atom is -0.482 e. The van der Waals surface area contributed by atoms with Crippen LogP contribution in [-0.2, 0) is 16.0 Å². The van der Waals surface area contributed by atoms with E-state index in [1.54, 1.807) is 18.9 Å². The fourth-order valence-electron chi connectivity index (χ4n) is 2.58. The van der Waals surface area contributed by atoms with Crippen LogP contribution in [0.1, 0.15) is 31.4 Å². The third kappa shape index (κ3) is 3.22. The molecule has 1 heterocycles. The lowest BCUT2D eigenvalue weighted by atomic mass is 9.99. The van der Waals surface area contributed by atoms with Crippen molar-refractivity contribution < 1.29 is 19.5 Å². The summed E-state index contributed by atoms with van der Waals surface area (Å²) in [6.45, 7) is 4.98. The second-order valence-corrected chi connectivity index (χ2v) is 5.20. The van der Waals surface area contributed by atoms with E-state index < -0.39 is 0 Å². The first-order valence-electron chi connectivity index (χ1n) is 7.40. The van der Waals surface area contributed by atoms with Crippen molar-refractivity contribution in [3.05, 3.63) is 23.3 Å². The summed E-state index contributed by atoms with van der Waals surface area (Å²) >= 11 is 0. The quantitative estimate of drug-likeness (QED) is 0.378. The monoisotopic (exact) mass is 306 g/mol. The van der Waals surface area contributed by atoms with Gasteiger partial charge in [-0.2, -0.15) is 0 Å². The summed E-state index contributed by atoms with van der Waals surface area (Å²) < 4.78 is 10.6. The van der Waals surface area contributed by atoms with Crippen LogP contribution in [-0.4, -0.2) is 43.7 Å². The highest BCUT2D eigenvalue weighted by Crippen LogP contribution is 2.35. The second-order valence-electron chi connectivity index (χ2n) is 5.20. The van der Waals surface area contributed by atoms with Gasteiger partial charge in [0.15, 0.2) is 6.61 Å². The van der Waals surface area contributed by atoms with Crippen molar-refractivity contribution >= 4 is 17.3 Å². The Kier molecular flexibility index (Phi) is 5.38. The summed E-state index contributed by atoms with van der Waals surface area (Å²) in [6.07, 6.45) is 1.54. The first-order chi connectivity index (χ1) is 10.6. The fraction of sp³-hybridized carbons (Fsp3) is 0.500. The molecular weight excluding hydrogens is 284 g/mol. The molecule has 1 aliphatic rings. The summed E-state index contributed by atoms with van der Waals surface area (Å²) in [6, 6.07) is 3.79. The Morgan fingerprint density at radius 1 is 1.50 bits per heavy atom. The molecule has 1 aliphatic heterocycles. The van der Waals surface area contributed by atoms with Crippen LogP contribution >= 0.6 is 0 Å². The summed E-state index contributed by atoms with van der Waals surface area (Å²) in [4.78, 5) is 13.9. The number of aryl methyl sites for hydroxylation is 1. The van der Waals surface area contributed by atoms with Crippen molar-refractivity contribution in [1.29, 1.82) is 0 Å². The second kappa shape index (κ2) is 7.26. The van der Waals surface area contributed by atoms with Gasteiger partial charge in [0.1, 0.15) is 5.75 Å². The highest BCUT2D eigenvalue weighted by Gasteiger charge is 2.26. The number of hydrogen-bond acceptors (Lipinski definition) is 5. The van der Waals surface area contributed by atoms with Gasteiger partial charge in [-0.25, -0.2) is 0 Å². The van der Waals surface area contributed by atoms with Gasteiger partial charge >= 0.3 is 0 Å². The number of benzene rings is 1. The van der Waals surface area contributed by atoms with E-state index in [0.717, 1.165) is 29.7 Å². The van der Waals surface area contributed by atoms with Crippen molar-refractivity contribution in [2.45, 2.75) is 26.7 Å².